The molecule has 3 nitrogen and oxygen atoms in total. The third-order valence-corrected chi connectivity index (χ3v) is 4.72. The summed E-state index contributed by atoms with van der Waals surface area (Å²) >= 11 is 2.94. The molecule has 0 aromatic heterocycles. The Morgan fingerprint density at radius 2 is 1.89 bits per heavy atom. The Morgan fingerprint density at radius 3 is 2.50 bits per heavy atom. The van der Waals surface area contributed by atoms with E-state index >= 15 is 0 Å². The summed E-state index contributed by atoms with van der Waals surface area (Å²) in [6.45, 7) is 1.87. The Hall–Kier alpha value is -0.690. The van der Waals surface area contributed by atoms with Gasteiger partial charge in [0.1, 0.15) is 11.6 Å². The first-order chi connectivity index (χ1) is 8.35. The summed E-state index contributed by atoms with van der Waals surface area (Å²) in [4.78, 5) is 0. The zero-order chi connectivity index (χ0) is 13.8. The third kappa shape index (κ3) is 4.53. The number of rotatable bonds is 6. The lowest BCUT2D eigenvalue weighted by atomic mass is 10.3. The molecule has 0 spiro atoms. The molecule has 0 aliphatic heterocycles. The maximum Gasteiger partial charge on any atom is 0.152 e. The second-order valence-corrected chi connectivity index (χ2v) is 6.98. The predicted octanol–water partition coefficient (Wildman–Crippen LogP) is 2.96. The first kappa shape index (κ1) is 15.4. The van der Waals surface area contributed by atoms with E-state index < -0.39 is 21.5 Å². The van der Waals surface area contributed by atoms with Gasteiger partial charge in [-0.2, -0.15) is 0 Å². The molecule has 0 radical (unpaired) electrons. The van der Waals surface area contributed by atoms with E-state index in [-0.39, 0.29) is 28.2 Å². The molecule has 0 aliphatic rings. The molecule has 1 aromatic rings. The third-order valence-electron chi connectivity index (χ3n) is 2.25. The van der Waals surface area contributed by atoms with Gasteiger partial charge in [0.15, 0.2) is 9.84 Å². The molecule has 0 amide bonds. The van der Waals surface area contributed by atoms with Crippen LogP contribution in [0.1, 0.15) is 13.3 Å². The topological polar surface area (TPSA) is 46.2 Å². The predicted molar refractivity (Wildman–Crippen MR) is 71.5 cm³/mol. The number of halogens is 3. The molecule has 1 aromatic carbocycles. The fourth-order valence-electron chi connectivity index (χ4n) is 1.41. The molecule has 0 saturated heterocycles. The Bertz CT molecular complexity index is 520. The van der Waals surface area contributed by atoms with Gasteiger partial charge in [-0.25, -0.2) is 17.2 Å². The standard InChI is InChI=1S/C11H14BrF2NO2S/c1-2-4-18(16,17)5-3-15-11-6-8(12)9(13)7-10(11)14/h6-7,15H,2-5H2,1H3. The van der Waals surface area contributed by atoms with Gasteiger partial charge in [-0.3, -0.25) is 0 Å². The van der Waals surface area contributed by atoms with E-state index in [0.717, 1.165) is 6.07 Å². The normalized spacial score (nSPS) is 11.6. The van der Waals surface area contributed by atoms with Gasteiger partial charge >= 0.3 is 0 Å². The van der Waals surface area contributed by atoms with E-state index in [4.69, 9.17) is 0 Å². The van der Waals surface area contributed by atoms with Crippen LogP contribution in [0, 0.1) is 11.6 Å². The van der Waals surface area contributed by atoms with Crippen molar-refractivity contribution in [1.29, 1.82) is 0 Å². The monoisotopic (exact) mass is 341 g/mol. The van der Waals surface area contributed by atoms with Crippen LogP contribution < -0.4 is 5.32 Å². The Labute approximate surface area is 114 Å². The molecule has 0 unspecified atom stereocenters. The Kier molecular flexibility index (Phi) is 5.52. The van der Waals surface area contributed by atoms with Crippen molar-refractivity contribution in [2.75, 3.05) is 23.4 Å². The van der Waals surface area contributed by atoms with E-state index in [2.05, 4.69) is 21.2 Å². The number of nitrogens with one attached hydrogen (secondary N) is 1. The average molecular weight is 342 g/mol. The summed E-state index contributed by atoms with van der Waals surface area (Å²) in [5.41, 5.74) is 0.0787. The van der Waals surface area contributed by atoms with Crippen molar-refractivity contribution in [3.05, 3.63) is 28.2 Å². The highest BCUT2D eigenvalue weighted by molar-refractivity contribution is 9.10. The van der Waals surface area contributed by atoms with E-state index in [1.807, 2.05) is 0 Å². The minimum Gasteiger partial charge on any atom is -0.382 e. The van der Waals surface area contributed by atoms with Gasteiger partial charge in [0.05, 0.1) is 15.9 Å². The van der Waals surface area contributed by atoms with Gasteiger partial charge in [-0.15, -0.1) is 0 Å². The summed E-state index contributed by atoms with van der Waals surface area (Å²) in [5.74, 6) is -1.40. The largest absolute Gasteiger partial charge is 0.382 e. The Morgan fingerprint density at radius 1 is 1.22 bits per heavy atom. The van der Waals surface area contributed by atoms with Gasteiger partial charge in [0, 0.05) is 18.4 Å². The molecule has 0 heterocycles. The van der Waals surface area contributed by atoms with Crippen molar-refractivity contribution in [3.8, 4) is 0 Å². The first-order valence-corrected chi connectivity index (χ1v) is 8.06. The molecular formula is C11H14BrF2NO2S. The fraction of sp³-hybridized carbons (Fsp3) is 0.455. The molecule has 1 rings (SSSR count). The quantitative estimate of drug-likeness (QED) is 0.809. The molecule has 0 saturated carbocycles. The van der Waals surface area contributed by atoms with Crippen LogP contribution in [0.25, 0.3) is 0 Å². The van der Waals surface area contributed by atoms with Crippen LogP contribution in [0.2, 0.25) is 0 Å². The molecule has 0 bridgehead atoms. The molecule has 0 fully saturated rings. The highest BCUT2D eigenvalue weighted by Gasteiger charge is 2.11. The van der Waals surface area contributed by atoms with Crippen LogP contribution in [0.4, 0.5) is 14.5 Å². The number of anilines is 1. The van der Waals surface area contributed by atoms with Gasteiger partial charge in [0.25, 0.3) is 0 Å². The minimum absolute atomic E-state index is 0.0741. The summed E-state index contributed by atoms with van der Waals surface area (Å²) in [6, 6.07) is 1.99. The van der Waals surface area contributed by atoms with Crippen LogP contribution in [-0.2, 0) is 9.84 Å². The van der Waals surface area contributed by atoms with E-state index in [1.54, 1.807) is 6.92 Å². The molecule has 0 aliphatic carbocycles. The summed E-state index contributed by atoms with van der Waals surface area (Å²) in [7, 11) is -3.10. The van der Waals surface area contributed by atoms with Gasteiger partial charge < -0.3 is 5.32 Å². The van der Waals surface area contributed by atoms with Gasteiger partial charge in [-0.05, 0) is 28.4 Å². The number of sulfone groups is 1. The second kappa shape index (κ2) is 6.47. The lowest BCUT2D eigenvalue weighted by molar-refractivity contribution is 0.580. The van der Waals surface area contributed by atoms with Crippen LogP contribution in [0.15, 0.2) is 16.6 Å². The first-order valence-electron chi connectivity index (χ1n) is 5.44. The van der Waals surface area contributed by atoms with Gasteiger partial charge in [-0.1, -0.05) is 6.92 Å². The van der Waals surface area contributed by atoms with Crippen molar-refractivity contribution in [3.63, 3.8) is 0 Å². The summed E-state index contributed by atoms with van der Waals surface area (Å²) < 4.78 is 49.3. The lowest BCUT2D eigenvalue weighted by Crippen LogP contribution is -2.18. The summed E-state index contributed by atoms with van der Waals surface area (Å²) in [6.07, 6.45) is 0.554. The smallest absolute Gasteiger partial charge is 0.152 e. The van der Waals surface area contributed by atoms with Crippen LogP contribution in [0.5, 0.6) is 0 Å². The maximum absolute atomic E-state index is 13.3. The molecule has 7 heteroatoms. The van der Waals surface area contributed by atoms with Gasteiger partial charge in [0.2, 0.25) is 0 Å². The van der Waals surface area contributed by atoms with Crippen LogP contribution in [0.3, 0.4) is 0 Å². The molecule has 0 atom stereocenters. The van der Waals surface area contributed by atoms with Crippen molar-refractivity contribution in [1.82, 2.24) is 0 Å². The minimum atomic E-state index is -3.10. The molecule has 102 valence electrons. The van der Waals surface area contributed by atoms with Crippen molar-refractivity contribution < 1.29 is 17.2 Å². The van der Waals surface area contributed by atoms with Crippen molar-refractivity contribution >= 4 is 31.5 Å². The zero-order valence-corrected chi connectivity index (χ0v) is 12.2. The van der Waals surface area contributed by atoms with E-state index in [9.17, 15) is 17.2 Å². The summed E-state index contributed by atoms with van der Waals surface area (Å²) in [5, 5.41) is 2.64. The maximum atomic E-state index is 13.3. The molecule has 1 N–H and O–H groups in total. The van der Waals surface area contributed by atoms with E-state index in [0.29, 0.717) is 6.42 Å². The molecule has 18 heavy (non-hydrogen) atoms. The van der Waals surface area contributed by atoms with Crippen LogP contribution >= 0.6 is 15.9 Å². The number of benzene rings is 1. The molecular weight excluding hydrogens is 328 g/mol. The number of hydrogen-bond donors (Lipinski definition) is 1. The van der Waals surface area contributed by atoms with Crippen molar-refractivity contribution in [2.45, 2.75) is 13.3 Å². The second-order valence-electron chi connectivity index (χ2n) is 3.82. The van der Waals surface area contributed by atoms with Crippen molar-refractivity contribution in [2.24, 2.45) is 0 Å². The highest BCUT2D eigenvalue weighted by atomic mass is 79.9. The average Bonchev–Trinajstić information content (AvgIpc) is 2.25. The number of hydrogen-bond acceptors (Lipinski definition) is 3. The SMILES string of the molecule is CCCS(=O)(=O)CCNc1cc(Br)c(F)cc1F. The lowest BCUT2D eigenvalue weighted by Gasteiger charge is -2.08. The fourth-order valence-corrected chi connectivity index (χ4v) is 2.99. The van der Waals surface area contributed by atoms with Crippen LogP contribution in [-0.4, -0.2) is 26.5 Å². The van der Waals surface area contributed by atoms with E-state index in [1.165, 1.54) is 6.07 Å². The zero-order valence-electron chi connectivity index (χ0n) is 9.84. The highest BCUT2D eigenvalue weighted by Crippen LogP contribution is 2.23. The Balaban J connectivity index is 2.62.